The third-order valence-corrected chi connectivity index (χ3v) is 2.55. The predicted molar refractivity (Wildman–Crippen MR) is 55.0 cm³/mol. The van der Waals surface area contributed by atoms with E-state index in [1.54, 1.807) is 7.11 Å². The Morgan fingerprint density at radius 1 is 1.62 bits per heavy atom. The normalized spacial score (nSPS) is 15.8. The van der Waals surface area contributed by atoms with Crippen molar-refractivity contribution in [2.24, 2.45) is 0 Å². The minimum absolute atomic E-state index is 0.247. The van der Waals surface area contributed by atoms with Crippen molar-refractivity contribution in [3.63, 3.8) is 0 Å². The summed E-state index contributed by atoms with van der Waals surface area (Å²) < 4.78 is 4.97. The Labute approximate surface area is 87.6 Å². The smallest absolute Gasteiger partial charge is 0.223 e. The van der Waals surface area contributed by atoms with Gasteiger partial charge in [-0.25, -0.2) is 0 Å². The Morgan fingerprint density at radius 3 is 2.77 bits per heavy atom. The van der Waals surface area contributed by atoms with Crippen molar-refractivity contribution in [3.05, 3.63) is 0 Å². The van der Waals surface area contributed by atoms with Gasteiger partial charge in [0.25, 0.3) is 0 Å². The average Bonchev–Trinajstić information content (AvgIpc) is 2.89. The molecule has 0 spiro atoms. The summed E-state index contributed by atoms with van der Waals surface area (Å²) in [5, 5.41) is 0.752. The van der Waals surface area contributed by atoms with E-state index in [-0.39, 0.29) is 5.91 Å². The SMILES string of the molecule is COCCN(C(=O)CCBr)C1CC1. The van der Waals surface area contributed by atoms with Gasteiger partial charge < -0.3 is 9.64 Å². The van der Waals surface area contributed by atoms with Crippen molar-refractivity contribution >= 4 is 21.8 Å². The third kappa shape index (κ3) is 3.65. The van der Waals surface area contributed by atoms with Crippen LogP contribution in [0.1, 0.15) is 19.3 Å². The molecule has 0 bridgehead atoms. The molecule has 1 aliphatic carbocycles. The number of halogens is 1. The van der Waals surface area contributed by atoms with Crippen LogP contribution in [0.4, 0.5) is 0 Å². The molecule has 1 rings (SSSR count). The van der Waals surface area contributed by atoms with E-state index in [4.69, 9.17) is 4.74 Å². The average molecular weight is 250 g/mol. The molecule has 3 nitrogen and oxygen atoms in total. The first-order valence-electron chi connectivity index (χ1n) is 4.64. The molecule has 1 fully saturated rings. The van der Waals surface area contributed by atoms with Crippen LogP contribution in [0.3, 0.4) is 0 Å². The van der Waals surface area contributed by atoms with E-state index in [0.29, 0.717) is 19.1 Å². The van der Waals surface area contributed by atoms with Crippen LogP contribution in [0.5, 0.6) is 0 Å². The van der Waals surface area contributed by atoms with Crippen LogP contribution in [0.2, 0.25) is 0 Å². The Balaban J connectivity index is 2.32. The Kier molecular flexibility index (Phi) is 4.73. The van der Waals surface area contributed by atoms with Gasteiger partial charge in [-0.2, -0.15) is 0 Å². The highest BCUT2D eigenvalue weighted by Gasteiger charge is 2.31. The second-order valence-corrected chi connectivity index (χ2v) is 4.04. The standard InChI is InChI=1S/C9H16BrNO2/c1-13-7-6-11(8-2-3-8)9(12)4-5-10/h8H,2-7H2,1H3. The van der Waals surface area contributed by atoms with Crippen molar-refractivity contribution in [3.8, 4) is 0 Å². The molecular formula is C9H16BrNO2. The topological polar surface area (TPSA) is 29.5 Å². The lowest BCUT2D eigenvalue weighted by molar-refractivity contribution is -0.131. The van der Waals surface area contributed by atoms with E-state index in [1.165, 1.54) is 0 Å². The molecule has 13 heavy (non-hydrogen) atoms. The number of carbonyl (C=O) groups is 1. The van der Waals surface area contributed by atoms with E-state index in [1.807, 2.05) is 4.90 Å². The first kappa shape index (κ1) is 11.0. The van der Waals surface area contributed by atoms with Crippen LogP contribution in [0.15, 0.2) is 0 Å². The maximum Gasteiger partial charge on any atom is 0.223 e. The number of hydrogen-bond donors (Lipinski definition) is 0. The first-order chi connectivity index (χ1) is 6.29. The second-order valence-electron chi connectivity index (χ2n) is 3.25. The lowest BCUT2D eigenvalue weighted by Crippen LogP contribution is -2.35. The zero-order valence-electron chi connectivity index (χ0n) is 7.96. The minimum atomic E-state index is 0.247. The second kappa shape index (κ2) is 5.60. The first-order valence-corrected chi connectivity index (χ1v) is 5.76. The van der Waals surface area contributed by atoms with Gasteiger partial charge >= 0.3 is 0 Å². The summed E-state index contributed by atoms with van der Waals surface area (Å²) in [4.78, 5) is 13.5. The number of amides is 1. The summed E-state index contributed by atoms with van der Waals surface area (Å²) in [5.74, 6) is 0.247. The van der Waals surface area contributed by atoms with E-state index >= 15 is 0 Å². The molecule has 0 aromatic carbocycles. The van der Waals surface area contributed by atoms with Gasteiger partial charge in [-0.05, 0) is 12.8 Å². The summed E-state index contributed by atoms with van der Waals surface area (Å²) in [6, 6.07) is 0.502. The monoisotopic (exact) mass is 249 g/mol. The van der Waals surface area contributed by atoms with Gasteiger partial charge in [0, 0.05) is 31.4 Å². The number of methoxy groups -OCH3 is 1. The molecule has 1 aliphatic rings. The van der Waals surface area contributed by atoms with Crippen molar-refractivity contribution in [1.82, 2.24) is 4.90 Å². The van der Waals surface area contributed by atoms with Crippen molar-refractivity contribution in [2.75, 3.05) is 25.6 Å². The van der Waals surface area contributed by atoms with Crippen molar-refractivity contribution in [1.29, 1.82) is 0 Å². The highest BCUT2D eigenvalue weighted by Crippen LogP contribution is 2.27. The van der Waals surface area contributed by atoms with Crippen LogP contribution in [0.25, 0.3) is 0 Å². The van der Waals surface area contributed by atoms with Gasteiger partial charge in [0.15, 0.2) is 0 Å². The molecule has 0 aromatic heterocycles. The molecule has 1 amide bonds. The van der Waals surface area contributed by atoms with Gasteiger partial charge in [-0.15, -0.1) is 0 Å². The number of carbonyl (C=O) groups excluding carboxylic acids is 1. The van der Waals surface area contributed by atoms with Gasteiger partial charge in [0.1, 0.15) is 0 Å². The highest BCUT2D eigenvalue weighted by atomic mass is 79.9. The van der Waals surface area contributed by atoms with Gasteiger partial charge in [0.2, 0.25) is 5.91 Å². The molecule has 0 radical (unpaired) electrons. The lowest BCUT2D eigenvalue weighted by atomic mass is 10.3. The van der Waals surface area contributed by atoms with Gasteiger partial charge in [0.05, 0.1) is 6.61 Å². The van der Waals surface area contributed by atoms with Crippen LogP contribution in [-0.2, 0) is 9.53 Å². The van der Waals surface area contributed by atoms with Crippen molar-refractivity contribution < 1.29 is 9.53 Å². The molecule has 0 heterocycles. The molecule has 0 unspecified atom stereocenters. The molecule has 1 saturated carbocycles. The predicted octanol–water partition coefficient (Wildman–Crippen LogP) is 1.41. The van der Waals surface area contributed by atoms with Crippen LogP contribution < -0.4 is 0 Å². The summed E-state index contributed by atoms with van der Waals surface area (Å²) in [5.41, 5.74) is 0. The van der Waals surface area contributed by atoms with Gasteiger partial charge in [-0.1, -0.05) is 15.9 Å². The fraction of sp³-hybridized carbons (Fsp3) is 0.889. The maximum atomic E-state index is 11.6. The van der Waals surface area contributed by atoms with Gasteiger partial charge in [-0.3, -0.25) is 4.79 Å². The third-order valence-electron chi connectivity index (χ3n) is 2.15. The number of nitrogens with zero attached hydrogens (tertiary/aromatic N) is 1. The quantitative estimate of drug-likeness (QED) is 0.667. The zero-order valence-corrected chi connectivity index (χ0v) is 9.55. The number of hydrogen-bond acceptors (Lipinski definition) is 2. The number of ether oxygens (including phenoxy) is 1. The Morgan fingerprint density at radius 2 is 2.31 bits per heavy atom. The molecule has 0 aromatic rings. The molecule has 0 atom stereocenters. The van der Waals surface area contributed by atoms with Crippen molar-refractivity contribution in [2.45, 2.75) is 25.3 Å². The Hall–Kier alpha value is -0.0900. The molecular weight excluding hydrogens is 234 g/mol. The maximum absolute atomic E-state index is 11.6. The highest BCUT2D eigenvalue weighted by molar-refractivity contribution is 9.09. The minimum Gasteiger partial charge on any atom is -0.383 e. The van der Waals surface area contributed by atoms with E-state index in [0.717, 1.165) is 24.7 Å². The van der Waals surface area contributed by atoms with Crippen LogP contribution in [0, 0.1) is 0 Å². The Bertz CT molecular complexity index is 171. The fourth-order valence-electron chi connectivity index (χ4n) is 1.31. The molecule has 0 N–H and O–H groups in total. The van der Waals surface area contributed by atoms with E-state index in [9.17, 15) is 4.79 Å². The summed E-state index contributed by atoms with van der Waals surface area (Å²) in [7, 11) is 1.67. The van der Waals surface area contributed by atoms with E-state index < -0.39 is 0 Å². The lowest BCUT2D eigenvalue weighted by Gasteiger charge is -2.21. The number of alkyl halides is 1. The summed E-state index contributed by atoms with van der Waals surface area (Å²) >= 11 is 3.28. The molecule has 0 aliphatic heterocycles. The largest absolute Gasteiger partial charge is 0.383 e. The molecule has 76 valence electrons. The number of rotatable bonds is 6. The fourth-order valence-corrected chi connectivity index (χ4v) is 1.65. The zero-order chi connectivity index (χ0) is 9.68. The van der Waals surface area contributed by atoms with E-state index in [2.05, 4.69) is 15.9 Å². The van der Waals surface area contributed by atoms with Crippen LogP contribution in [-0.4, -0.2) is 42.4 Å². The summed E-state index contributed by atoms with van der Waals surface area (Å²) in [6.45, 7) is 1.39. The molecule has 0 saturated heterocycles. The molecule has 4 heteroatoms. The summed E-state index contributed by atoms with van der Waals surface area (Å²) in [6.07, 6.45) is 2.93. The van der Waals surface area contributed by atoms with Crippen LogP contribution >= 0.6 is 15.9 Å².